The minimum absolute atomic E-state index is 0.0287. The molecule has 0 bridgehead atoms. The molecule has 0 spiro atoms. The highest BCUT2D eigenvalue weighted by molar-refractivity contribution is 6.04. The van der Waals surface area contributed by atoms with Crippen LogP contribution in [-0.2, 0) is 20.8 Å². The number of alkyl halides is 3. The fraction of sp³-hybridized carbons (Fsp3) is 0.490. The second kappa shape index (κ2) is 25.9. The van der Waals surface area contributed by atoms with Crippen LogP contribution in [0.2, 0.25) is 0 Å². The second-order valence-corrected chi connectivity index (χ2v) is 16.5. The Kier molecular flexibility index (Phi) is 20.8. The van der Waals surface area contributed by atoms with Gasteiger partial charge in [0, 0.05) is 51.4 Å². The minimum Gasteiger partial charge on any atom is -0.494 e. The second-order valence-electron chi connectivity index (χ2n) is 16.5. The van der Waals surface area contributed by atoms with Crippen molar-refractivity contribution in [1.82, 2.24) is 25.3 Å². The minimum atomic E-state index is -4.45. The molecule has 2 atom stereocenters. The lowest BCUT2D eigenvalue weighted by Crippen LogP contribution is -2.48. The number of allylic oxidation sites excluding steroid dienone is 7. The number of piperazine rings is 1. The van der Waals surface area contributed by atoms with Crippen molar-refractivity contribution in [3.05, 3.63) is 112 Å². The van der Waals surface area contributed by atoms with Gasteiger partial charge in [-0.2, -0.15) is 13.2 Å². The Labute approximate surface area is 378 Å². The monoisotopic (exact) mass is 888 g/mol. The number of hydrogen-bond acceptors (Lipinski definition) is 8. The Morgan fingerprint density at radius 3 is 2.30 bits per heavy atom. The number of hydrogen-bond donors (Lipinski definition) is 2. The van der Waals surface area contributed by atoms with Crippen LogP contribution < -0.4 is 15.4 Å². The largest absolute Gasteiger partial charge is 0.494 e. The van der Waals surface area contributed by atoms with Gasteiger partial charge in [0.25, 0.3) is 5.91 Å². The molecule has 2 heterocycles. The van der Waals surface area contributed by atoms with Gasteiger partial charge in [-0.1, -0.05) is 63.3 Å². The van der Waals surface area contributed by atoms with Crippen molar-refractivity contribution in [2.24, 2.45) is 0 Å². The molecule has 13 heteroatoms. The van der Waals surface area contributed by atoms with Gasteiger partial charge in [-0.3, -0.25) is 19.3 Å². The third-order valence-corrected chi connectivity index (χ3v) is 12.0. The molecule has 0 aliphatic carbocycles. The van der Waals surface area contributed by atoms with Gasteiger partial charge in [0.05, 0.1) is 18.2 Å². The first-order valence-electron chi connectivity index (χ1n) is 22.8. The van der Waals surface area contributed by atoms with E-state index in [2.05, 4.69) is 53.9 Å². The van der Waals surface area contributed by atoms with Crippen LogP contribution in [0.3, 0.4) is 0 Å². The van der Waals surface area contributed by atoms with Crippen molar-refractivity contribution in [1.29, 1.82) is 0 Å². The summed E-state index contributed by atoms with van der Waals surface area (Å²) >= 11 is 0. The van der Waals surface area contributed by atoms with Gasteiger partial charge >= 0.3 is 6.18 Å². The lowest BCUT2D eigenvalue weighted by molar-refractivity contribution is -0.131. The number of aldehydes is 1. The van der Waals surface area contributed by atoms with E-state index >= 15 is 0 Å². The molecule has 2 aliphatic rings. The van der Waals surface area contributed by atoms with Crippen LogP contribution in [0, 0.1) is 6.92 Å². The highest BCUT2D eigenvalue weighted by Gasteiger charge is 2.40. The molecule has 64 heavy (non-hydrogen) atoms. The quantitative estimate of drug-likeness (QED) is 0.0578. The number of dihydropyridines is 1. The smallest absolute Gasteiger partial charge is 0.414 e. The number of aryl methyl sites for hydroxylation is 2. The Morgan fingerprint density at radius 2 is 1.69 bits per heavy atom. The summed E-state index contributed by atoms with van der Waals surface area (Å²) in [6.07, 6.45) is 12.3. The molecule has 2 aromatic rings. The van der Waals surface area contributed by atoms with Crippen LogP contribution in [0.25, 0.3) is 11.1 Å². The van der Waals surface area contributed by atoms with Crippen molar-refractivity contribution in [3.63, 3.8) is 0 Å². The standard InChI is InChI=1S/C51H68F3N5O5/c1-7-10-17-43(37(4)16-8-2)45-22-20-40(33-39(45)9-3)41-34-46(51(52,53)54)47(56-35-41)18-14-25-58-28-26-57(27-29-58)24-12-11-13-31-64-42-21-23-44(38(5)32-42)50(63)59(36-61)48(19-15-30-60)49(62)55-6/h8,16-17,20-23,30,32-36,47-48,56H,2,7,9-15,18-19,24-29,31H2,1,3-6H3,(H,55,62)/b37-16-,43-17+. The van der Waals surface area contributed by atoms with E-state index in [4.69, 9.17) is 4.74 Å². The van der Waals surface area contributed by atoms with Crippen molar-refractivity contribution in [2.75, 3.05) is 52.9 Å². The van der Waals surface area contributed by atoms with Gasteiger partial charge in [-0.15, -0.1) is 0 Å². The van der Waals surface area contributed by atoms with Gasteiger partial charge in [-0.05, 0) is 142 Å². The molecular formula is C51H68F3N5O5. The average Bonchev–Trinajstić information content (AvgIpc) is 3.29. The number of benzene rings is 2. The summed E-state index contributed by atoms with van der Waals surface area (Å²) in [4.78, 5) is 54.0. The molecule has 10 nitrogen and oxygen atoms in total. The molecule has 2 N–H and O–H groups in total. The number of nitrogens with one attached hydrogen (secondary N) is 2. The fourth-order valence-electron chi connectivity index (χ4n) is 8.36. The average molecular weight is 888 g/mol. The van der Waals surface area contributed by atoms with Crippen LogP contribution in [0.15, 0.2) is 84.6 Å². The van der Waals surface area contributed by atoms with Gasteiger partial charge in [0.1, 0.15) is 18.1 Å². The van der Waals surface area contributed by atoms with E-state index in [1.54, 1.807) is 37.4 Å². The molecule has 2 aromatic carbocycles. The molecule has 1 fully saturated rings. The van der Waals surface area contributed by atoms with E-state index in [9.17, 15) is 32.3 Å². The van der Waals surface area contributed by atoms with Gasteiger partial charge in [-0.25, -0.2) is 0 Å². The van der Waals surface area contributed by atoms with Crippen molar-refractivity contribution in [2.45, 2.75) is 110 Å². The molecule has 2 aliphatic heterocycles. The Morgan fingerprint density at radius 1 is 0.984 bits per heavy atom. The first-order chi connectivity index (χ1) is 30.8. The molecule has 2 unspecified atom stereocenters. The van der Waals surface area contributed by atoms with Crippen molar-refractivity contribution < 1.29 is 37.1 Å². The van der Waals surface area contributed by atoms with Gasteiger partial charge in [0.2, 0.25) is 12.3 Å². The summed E-state index contributed by atoms with van der Waals surface area (Å²) in [6, 6.07) is 9.09. The van der Waals surface area contributed by atoms with E-state index in [1.165, 1.54) is 13.1 Å². The SMILES string of the molecule is C=C/C=C(C)\C(=C/CCC)c1ccc(C2=CNC(CCCN3CCN(CCCCCOc4ccc(C(=O)N(C=O)C(CCC=O)C(=O)NC)c(C)c4)CC3)C(C(F)(F)F)=C2)cc1CC. The topological polar surface area (TPSA) is 111 Å². The fourth-order valence-corrected chi connectivity index (χ4v) is 8.36. The predicted octanol–water partition coefficient (Wildman–Crippen LogP) is 9.01. The zero-order valence-corrected chi connectivity index (χ0v) is 38.4. The Bertz CT molecular complexity index is 2030. The summed E-state index contributed by atoms with van der Waals surface area (Å²) in [6.45, 7) is 17.7. The van der Waals surface area contributed by atoms with Crippen LogP contribution in [-0.4, -0.2) is 110 Å². The summed E-state index contributed by atoms with van der Waals surface area (Å²) in [5.74, 6) is -0.551. The highest BCUT2D eigenvalue weighted by atomic mass is 19.4. The van der Waals surface area contributed by atoms with Crippen LogP contribution in [0.1, 0.15) is 111 Å². The zero-order valence-electron chi connectivity index (χ0n) is 38.4. The number of halogens is 3. The van der Waals surface area contributed by atoms with E-state index in [-0.39, 0.29) is 18.4 Å². The summed E-state index contributed by atoms with van der Waals surface area (Å²) in [7, 11) is 1.41. The number of likely N-dealkylation sites (N-methyl/N-ethyl adjacent to an activating group) is 1. The molecule has 1 saturated heterocycles. The van der Waals surface area contributed by atoms with Crippen molar-refractivity contribution in [3.8, 4) is 5.75 Å². The number of amides is 3. The Hall–Kier alpha value is -5.27. The number of rotatable bonds is 25. The zero-order chi connectivity index (χ0) is 46.6. The van der Waals surface area contributed by atoms with E-state index < -0.39 is 35.6 Å². The Balaban J connectivity index is 1.19. The molecule has 0 radical (unpaired) electrons. The van der Waals surface area contributed by atoms with E-state index in [0.717, 1.165) is 111 Å². The number of ether oxygens (including phenoxy) is 1. The van der Waals surface area contributed by atoms with Gasteiger partial charge < -0.3 is 30.0 Å². The third kappa shape index (κ3) is 14.6. The summed E-state index contributed by atoms with van der Waals surface area (Å²) in [5, 5.41) is 5.57. The number of imide groups is 1. The van der Waals surface area contributed by atoms with Gasteiger partial charge in [0.15, 0.2) is 0 Å². The van der Waals surface area contributed by atoms with E-state index in [0.29, 0.717) is 49.0 Å². The summed E-state index contributed by atoms with van der Waals surface area (Å²) < 4.78 is 49.4. The number of carbonyl (C=O) groups excluding carboxylic acids is 4. The van der Waals surface area contributed by atoms with Crippen LogP contribution >= 0.6 is 0 Å². The number of nitrogens with zero attached hydrogens (tertiary/aromatic N) is 3. The maximum Gasteiger partial charge on any atom is 0.414 e. The maximum atomic E-state index is 14.5. The van der Waals surface area contributed by atoms with Crippen LogP contribution in [0.5, 0.6) is 5.75 Å². The molecule has 0 saturated carbocycles. The molecule has 3 amide bonds. The number of unbranched alkanes of at least 4 members (excludes halogenated alkanes) is 3. The lowest BCUT2D eigenvalue weighted by Gasteiger charge is -2.35. The predicted molar refractivity (Wildman–Crippen MR) is 250 cm³/mol. The highest BCUT2D eigenvalue weighted by Crippen LogP contribution is 2.37. The normalized spacial score (nSPS) is 16.8. The first kappa shape index (κ1) is 51.4. The van der Waals surface area contributed by atoms with Crippen molar-refractivity contribution >= 4 is 35.7 Å². The molecular weight excluding hydrogens is 820 g/mol. The lowest BCUT2D eigenvalue weighted by atomic mass is 9.88. The number of carbonyl (C=O) groups is 4. The maximum absolute atomic E-state index is 14.5. The van der Waals surface area contributed by atoms with Crippen LogP contribution in [0.4, 0.5) is 13.2 Å². The van der Waals surface area contributed by atoms with E-state index in [1.807, 2.05) is 24.3 Å². The third-order valence-electron chi connectivity index (χ3n) is 12.0. The molecule has 0 aromatic heterocycles. The molecule has 4 rings (SSSR count). The first-order valence-corrected chi connectivity index (χ1v) is 22.8. The summed E-state index contributed by atoms with van der Waals surface area (Å²) in [5.41, 5.74) is 6.08. The molecule has 348 valence electrons.